The van der Waals surface area contributed by atoms with Gasteiger partial charge in [0.05, 0.1) is 13.2 Å². The van der Waals surface area contributed by atoms with Crippen LogP contribution in [0.25, 0.3) is 16.3 Å². The quantitative estimate of drug-likeness (QED) is 0.275. The maximum absolute atomic E-state index is 13.7. The highest BCUT2D eigenvalue weighted by molar-refractivity contribution is 6.12. The van der Waals surface area contributed by atoms with Gasteiger partial charge in [0, 0.05) is 28.9 Å². The molecule has 2 aliphatic rings. The average molecular weight is 533 g/mol. The molecule has 4 aromatic carbocycles. The van der Waals surface area contributed by atoms with Gasteiger partial charge in [0.1, 0.15) is 0 Å². The van der Waals surface area contributed by atoms with Crippen molar-refractivity contribution in [1.29, 1.82) is 0 Å². The highest BCUT2D eigenvalue weighted by atomic mass is 16.5. The average Bonchev–Trinajstić information content (AvgIpc) is 2.95. The third-order valence-corrected chi connectivity index (χ3v) is 7.68. The van der Waals surface area contributed by atoms with Crippen LogP contribution in [0.1, 0.15) is 43.9 Å². The Hall–Kier alpha value is -4.58. The number of ketones is 1. The topological polar surface area (TPSA) is 76.7 Å². The van der Waals surface area contributed by atoms with Gasteiger partial charge in [-0.25, -0.2) is 0 Å². The molecule has 6 nitrogen and oxygen atoms in total. The van der Waals surface area contributed by atoms with Crippen molar-refractivity contribution in [2.75, 3.05) is 24.4 Å². The first kappa shape index (κ1) is 25.7. The van der Waals surface area contributed by atoms with E-state index in [4.69, 9.17) is 9.47 Å². The SMILES string of the molecule is COc1cc(C2Nc3ccc4ccccc4c3C3=C2C(=O)CC(C)(C)C3)ccc1OCC(=O)Nc1ccccc1. The molecule has 0 aromatic heterocycles. The van der Waals surface area contributed by atoms with Gasteiger partial charge in [-0.1, -0.05) is 68.4 Å². The van der Waals surface area contributed by atoms with Crippen molar-refractivity contribution < 1.29 is 19.1 Å². The summed E-state index contributed by atoms with van der Waals surface area (Å²) in [5, 5.41) is 8.80. The summed E-state index contributed by atoms with van der Waals surface area (Å²) in [5.74, 6) is 0.864. The number of carbonyl (C=O) groups excluding carboxylic acids is 2. The molecule has 0 spiro atoms. The number of rotatable bonds is 6. The molecule has 40 heavy (non-hydrogen) atoms. The number of methoxy groups -OCH3 is 1. The molecule has 0 radical (unpaired) electrons. The van der Waals surface area contributed by atoms with Gasteiger partial charge in [-0.05, 0) is 64.1 Å². The Kier molecular flexibility index (Phi) is 6.54. The number of nitrogens with one attached hydrogen (secondary N) is 2. The number of ether oxygens (including phenoxy) is 2. The molecule has 6 heteroatoms. The van der Waals surface area contributed by atoms with Crippen LogP contribution in [-0.2, 0) is 9.59 Å². The largest absolute Gasteiger partial charge is 0.493 e. The van der Waals surface area contributed by atoms with E-state index in [1.807, 2.05) is 48.5 Å². The lowest BCUT2D eigenvalue weighted by atomic mass is 9.68. The van der Waals surface area contributed by atoms with E-state index in [1.165, 1.54) is 0 Å². The number of benzene rings is 4. The molecular formula is C34H32N2O4. The van der Waals surface area contributed by atoms with Gasteiger partial charge in [0.25, 0.3) is 5.91 Å². The molecule has 1 aliphatic heterocycles. The molecule has 0 bridgehead atoms. The van der Waals surface area contributed by atoms with E-state index in [9.17, 15) is 9.59 Å². The second kappa shape index (κ2) is 10.2. The van der Waals surface area contributed by atoms with E-state index in [1.54, 1.807) is 13.2 Å². The molecule has 1 amide bonds. The lowest BCUT2D eigenvalue weighted by molar-refractivity contribution is -0.118. The number of hydrogen-bond acceptors (Lipinski definition) is 5. The van der Waals surface area contributed by atoms with Crippen LogP contribution in [0, 0.1) is 5.41 Å². The predicted octanol–water partition coefficient (Wildman–Crippen LogP) is 7.18. The van der Waals surface area contributed by atoms with Crippen molar-refractivity contribution in [3.8, 4) is 11.5 Å². The summed E-state index contributed by atoms with van der Waals surface area (Å²) in [6, 6.07) is 27.1. The smallest absolute Gasteiger partial charge is 0.262 e. The molecule has 2 N–H and O–H groups in total. The summed E-state index contributed by atoms with van der Waals surface area (Å²) in [7, 11) is 1.57. The Labute approximate surface area is 234 Å². The van der Waals surface area contributed by atoms with Gasteiger partial charge in [-0.3, -0.25) is 9.59 Å². The number of hydrogen-bond donors (Lipinski definition) is 2. The van der Waals surface area contributed by atoms with Gasteiger partial charge in [-0.2, -0.15) is 0 Å². The number of anilines is 2. The third kappa shape index (κ3) is 4.81. The fourth-order valence-corrected chi connectivity index (χ4v) is 5.93. The molecule has 0 saturated heterocycles. The van der Waals surface area contributed by atoms with Crippen LogP contribution in [0.4, 0.5) is 11.4 Å². The van der Waals surface area contributed by atoms with Crippen LogP contribution in [0.3, 0.4) is 0 Å². The lowest BCUT2D eigenvalue weighted by Crippen LogP contribution is -2.33. The Morgan fingerprint density at radius 1 is 0.950 bits per heavy atom. The van der Waals surface area contributed by atoms with Gasteiger partial charge in [0.2, 0.25) is 0 Å². The zero-order valence-corrected chi connectivity index (χ0v) is 22.9. The molecule has 0 saturated carbocycles. The van der Waals surface area contributed by atoms with E-state index < -0.39 is 0 Å². The minimum atomic E-state index is -0.323. The zero-order valence-electron chi connectivity index (χ0n) is 22.9. The summed E-state index contributed by atoms with van der Waals surface area (Å²) in [4.78, 5) is 26.1. The van der Waals surface area contributed by atoms with Gasteiger partial charge in [0.15, 0.2) is 23.9 Å². The lowest BCUT2D eigenvalue weighted by Gasteiger charge is -2.40. The van der Waals surface area contributed by atoms with Crippen molar-refractivity contribution in [3.63, 3.8) is 0 Å². The van der Waals surface area contributed by atoms with Gasteiger partial charge in [-0.15, -0.1) is 0 Å². The van der Waals surface area contributed by atoms with Crippen molar-refractivity contribution in [2.24, 2.45) is 5.41 Å². The van der Waals surface area contributed by atoms with Crippen LogP contribution in [0.15, 0.2) is 90.5 Å². The van der Waals surface area contributed by atoms with Crippen LogP contribution < -0.4 is 20.1 Å². The molecular weight excluding hydrogens is 500 g/mol. The van der Waals surface area contributed by atoms with Crippen LogP contribution in [-0.4, -0.2) is 25.4 Å². The summed E-state index contributed by atoms with van der Waals surface area (Å²) < 4.78 is 11.5. The molecule has 6 rings (SSSR count). The van der Waals surface area contributed by atoms with Crippen molar-refractivity contribution in [2.45, 2.75) is 32.7 Å². The highest BCUT2D eigenvalue weighted by Crippen LogP contribution is 2.52. The van der Waals surface area contributed by atoms with Crippen molar-refractivity contribution in [1.82, 2.24) is 0 Å². The van der Waals surface area contributed by atoms with Crippen molar-refractivity contribution >= 4 is 39.4 Å². The van der Waals surface area contributed by atoms with E-state index in [0.717, 1.165) is 45.2 Å². The summed E-state index contributed by atoms with van der Waals surface area (Å²) in [6.07, 6.45) is 1.32. The number of Topliss-reactive ketones (excluding diaryl/α,β-unsaturated/α-hetero) is 1. The Morgan fingerprint density at radius 3 is 2.52 bits per heavy atom. The van der Waals surface area contributed by atoms with Gasteiger partial charge < -0.3 is 20.1 Å². The summed E-state index contributed by atoms with van der Waals surface area (Å²) in [6.45, 7) is 4.18. The first-order valence-electron chi connectivity index (χ1n) is 13.5. The molecule has 1 unspecified atom stereocenters. The predicted molar refractivity (Wildman–Crippen MR) is 159 cm³/mol. The second-order valence-corrected chi connectivity index (χ2v) is 11.2. The maximum Gasteiger partial charge on any atom is 0.262 e. The van der Waals surface area contributed by atoms with Crippen LogP contribution >= 0.6 is 0 Å². The number of para-hydroxylation sites is 1. The number of allylic oxidation sites excluding steroid dienone is 1. The first-order chi connectivity index (χ1) is 19.3. The molecule has 202 valence electrons. The second-order valence-electron chi connectivity index (χ2n) is 11.2. The number of carbonyl (C=O) groups is 2. The van der Waals surface area contributed by atoms with Crippen LogP contribution in [0.2, 0.25) is 0 Å². The summed E-state index contributed by atoms with van der Waals surface area (Å²) >= 11 is 0. The molecule has 1 atom stereocenters. The van der Waals surface area contributed by atoms with Gasteiger partial charge >= 0.3 is 0 Å². The Bertz CT molecular complexity index is 1660. The third-order valence-electron chi connectivity index (χ3n) is 7.68. The standard InChI is InChI=1S/C34H32N2O4/c1-34(2)18-25-31-24-12-8-7-9-21(24)13-15-26(31)36-33(32(25)27(37)19-34)22-14-16-28(29(17-22)39-3)40-20-30(38)35-23-10-5-4-6-11-23/h4-17,33,36H,18-20H2,1-3H3,(H,35,38). The normalized spacial score (nSPS) is 17.5. The molecule has 1 aliphatic carbocycles. The first-order valence-corrected chi connectivity index (χ1v) is 13.5. The minimum Gasteiger partial charge on any atom is -0.493 e. The highest BCUT2D eigenvalue weighted by Gasteiger charge is 2.41. The molecule has 4 aromatic rings. The van der Waals surface area contributed by atoms with E-state index >= 15 is 0 Å². The number of fused-ring (bicyclic) bond motifs is 4. The molecule has 1 heterocycles. The van der Waals surface area contributed by atoms with Crippen LogP contribution in [0.5, 0.6) is 11.5 Å². The van der Waals surface area contributed by atoms with E-state index in [0.29, 0.717) is 23.6 Å². The zero-order chi connectivity index (χ0) is 27.9. The number of amides is 1. The fraction of sp³-hybridized carbons (Fsp3) is 0.235. The maximum atomic E-state index is 13.7. The fourth-order valence-electron chi connectivity index (χ4n) is 5.93. The van der Waals surface area contributed by atoms with E-state index in [2.05, 4.69) is 54.8 Å². The minimum absolute atomic E-state index is 0.123. The Balaban J connectivity index is 1.34. The van der Waals surface area contributed by atoms with Crippen molar-refractivity contribution in [3.05, 3.63) is 102 Å². The van der Waals surface area contributed by atoms with E-state index in [-0.39, 0.29) is 29.8 Å². The molecule has 0 fully saturated rings. The Morgan fingerprint density at radius 2 is 1.73 bits per heavy atom. The summed E-state index contributed by atoms with van der Waals surface area (Å²) in [5.41, 5.74) is 5.57. The monoisotopic (exact) mass is 532 g/mol.